The molecule has 187 valence electrons. The summed E-state index contributed by atoms with van der Waals surface area (Å²) in [5.74, 6) is -1.73. The van der Waals surface area contributed by atoms with E-state index in [1.54, 1.807) is 60.9 Å². The summed E-state index contributed by atoms with van der Waals surface area (Å²) in [7, 11) is 0. The second-order valence-electron chi connectivity index (χ2n) is 6.90. The van der Waals surface area contributed by atoms with Crippen LogP contribution in [-0.2, 0) is 16.8 Å². The molecule has 2 heterocycles. The maximum absolute atomic E-state index is 11.6. The van der Waals surface area contributed by atoms with Crippen LogP contribution in [0.2, 0.25) is 0 Å². The van der Waals surface area contributed by atoms with Gasteiger partial charge in [0, 0.05) is 23.5 Å². The first-order chi connectivity index (χ1) is 17.5. The maximum Gasteiger partial charge on any atom is 2.00 e. The van der Waals surface area contributed by atoms with Crippen molar-refractivity contribution in [3.8, 4) is 11.5 Å². The van der Waals surface area contributed by atoms with Crippen LogP contribution in [0.25, 0.3) is 0 Å². The van der Waals surface area contributed by atoms with Gasteiger partial charge in [-0.2, -0.15) is 10.2 Å². The van der Waals surface area contributed by atoms with Crippen molar-refractivity contribution in [1.29, 1.82) is 0 Å². The van der Waals surface area contributed by atoms with E-state index in [0.29, 0.717) is 11.4 Å². The van der Waals surface area contributed by atoms with E-state index in [9.17, 15) is 19.8 Å². The standard InChI is InChI=1S/2C13H11N3O2.Co/c2*17-12-7-2-1-6-11(12)13(18)16-15-9-10-5-3-4-8-14-10;/h2*1-9,17H,(H,16,18);/q;;+2/p-2/b2*15-9+;. The van der Waals surface area contributed by atoms with Crippen molar-refractivity contribution in [2.75, 3.05) is 0 Å². The summed E-state index contributed by atoms with van der Waals surface area (Å²) in [6.45, 7) is 0. The average Bonchev–Trinajstić information content (AvgIpc) is 2.91. The maximum atomic E-state index is 11.6. The molecule has 0 saturated heterocycles. The number of aromatic nitrogens is 2. The number of pyridine rings is 2. The molecule has 0 spiro atoms. The molecule has 0 fully saturated rings. The van der Waals surface area contributed by atoms with Crippen LogP contribution in [-0.4, -0.2) is 34.2 Å². The van der Waals surface area contributed by atoms with Crippen molar-refractivity contribution in [3.05, 3.63) is 120 Å². The monoisotopic (exact) mass is 539 g/mol. The second kappa shape index (κ2) is 15.2. The molecule has 0 aliphatic heterocycles. The van der Waals surface area contributed by atoms with E-state index in [4.69, 9.17) is 0 Å². The first-order valence-corrected chi connectivity index (χ1v) is 10.6. The number of carbonyl (C=O) groups is 2. The van der Waals surface area contributed by atoms with E-state index < -0.39 is 11.8 Å². The Labute approximate surface area is 223 Å². The number of hydrazone groups is 2. The molecule has 1 radical (unpaired) electrons. The summed E-state index contributed by atoms with van der Waals surface area (Å²) in [6.07, 6.45) is 6.06. The van der Waals surface area contributed by atoms with Crippen LogP contribution in [0, 0.1) is 0 Å². The third kappa shape index (κ3) is 9.36. The first kappa shape index (κ1) is 28.4. The Bertz CT molecular complexity index is 1250. The number of carbonyl (C=O) groups excluding carboxylic acids is 2. The summed E-state index contributed by atoms with van der Waals surface area (Å²) in [5, 5.41) is 30.2. The molecule has 0 atom stereocenters. The number of rotatable bonds is 6. The van der Waals surface area contributed by atoms with E-state index in [1.165, 1.54) is 36.7 Å². The van der Waals surface area contributed by atoms with Crippen LogP contribution in [0.15, 0.2) is 108 Å². The Balaban J connectivity index is 0.000000253. The van der Waals surface area contributed by atoms with Gasteiger partial charge in [0.2, 0.25) is 0 Å². The molecule has 2 N–H and O–H groups in total. The summed E-state index contributed by atoms with van der Waals surface area (Å²) in [6, 6.07) is 22.6. The smallest absolute Gasteiger partial charge is 0.872 e. The Morgan fingerprint density at radius 3 is 1.35 bits per heavy atom. The van der Waals surface area contributed by atoms with E-state index in [-0.39, 0.29) is 39.4 Å². The zero-order valence-electron chi connectivity index (χ0n) is 19.1. The Morgan fingerprint density at radius 1 is 0.622 bits per heavy atom. The zero-order valence-corrected chi connectivity index (χ0v) is 20.2. The van der Waals surface area contributed by atoms with Crippen molar-refractivity contribution in [2.45, 2.75) is 0 Å². The van der Waals surface area contributed by atoms with Crippen LogP contribution in [0.4, 0.5) is 0 Å². The van der Waals surface area contributed by atoms with Gasteiger partial charge in [-0.05, 0) is 24.3 Å². The van der Waals surface area contributed by atoms with Gasteiger partial charge < -0.3 is 10.2 Å². The Hall–Kier alpha value is -4.87. The van der Waals surface area contributed by atoms with E-state index in [0.717, 1.165) is 0 Å². The van der Waals surface area contributed by atoms with Gasteiger partial charge in [-0.1, -0.05) is 72.2 Å². The van der Waals surface area contributed by atoms with Gasteiger partial charge in [-0.3, -0.25) is 19.6 Å². The van der Waals surface area contributed by atoms with E-state index in [1.807, 2.05) is 12.1 Å². The van der Waals surface area contributed by atoms with Crippen molar-refractivity contribution in [1.82, 2.24) is 20.8 Å². The van der Waals surface area contributed by atoms with Gasteiger partial charge in [0.1, 0.15) is 0 Å². The topological polar surface area (TPSA) is 155 Å². The molecule has 2 aromatic carbocycles. The number of amides is 2. The minimum atomic E-state index is -0.534. The van der Waals surface area contributed by atoms with Gasteiger partial charge in [-0.15, -0.1) is 0 Å². The van der Waals surface area contributed by atoms with Gasteiger partial charge in [0.25, 0.3) is 11.8 Å². The molecular weight excluding hydrogens is 519 g/mol. The van der Waals surface area contributed by atoms with Crippen molar-refractivity contribution in [3.63, 3.8) is 0 Å². The molecule has 0 unspecified atom stereocenters. The molecule has 4 aromatic rings. The number of benzene rings is 2. The fourth-order valence-electron chi connectivity index (χ4n) is 2.65. The zero-order chi connectivity index (χ0) is 25.6. The number of nitrogens with zero attached hydrogens (tertiary/aromatic N) is 4. The van der Waals surface area contributed by atoms with Gasteiger partial charge in [-0.25, -0.2) is 10.9 Å². The molecule has 10 nitrogen and oxygen atoms in total. The molecule has 0 aliphatic rings. The third-order valence-corrected chi connectivity index (χ3v) is 4.36. The molecule has 4 rings (SSSR count). The number of nitrogens with one attached hydrogen (secondary N) is 2. The van der Waals surface area contributed by atoms with Crippen LogP contribution >= 0.6 is 0 Å². The van der Waals surface area contributed by atoms with Crippen molar-refractivity contribution >= 4 is 24.2 Å². The number of hydrogen-bond acceptors (Lipinski definition) is 8. The average molecular weight is 539 g/mol. The SMILES string of the molecule is O=C(N/N=C/c1ccccn1)c1ccccc1[O-].O=C(N/N=C/c1ccccn1)c1ccccc1[O-].[Co+2]. The van der Waals surface area contributed by atoms with Gasteiger partial charge >= 0.3 is 16.8 Å². The molecule has 11 heteroatoms. The fraction of sp³-hybridized carbons (Fsp3) is 0. The Morgan fingerprint density at radius 2 is 1.00 bits per heavy atom. The van der Waals surface area contributed by atoms with E-state index >= 15 is 0 Å². The predicted molar refractivity (Wildman–Crippen MR) is 130 cm³/mol. The molecule has 2 aromatic heterocycles. The minimum Gasteiger partial charge on any atom is -0.872 e. The minimum absolute atomic E-state index is 0. The Kier molecular flexibility index (Phi) is 11.6. The van der Waals surface area contributed by atoms with Crippen molar-refractivity contribution < 1.29 is 36.6 Å². The van der Waals surface area contributed by atoms with Crippen LogP contribution in [0.5, 0.6) is 11.5 Å². The summed E-state index contributed by atoms with van der Waals surface area (Å²) in [5.41, 5.74) is 5.93. The van der Waals surface area contributed by atoms with E-state index in [2.05, 4.69) is 31.0 Å². The molecule has 0 aliphatic carbocycles. The number of para-hydroxylation sites is 2. The largest absolute Gasteiger partial charge is 2.00 e. The molecule has 0 saturated carbocycles. The normalized spacial score (nSPS) is 10.2. The van der Waals surface area contributed by atoms with Crippen LogP contribution in [0.3, 0.4) is 0 Å². The van der Waals surface area contributed by atoms with Crippen molar-refractivity contribution in [2.24, 2.45) is 10.2 Å². The molecular formula is C26H20CoN6O4. The van der Waals surface area contributed by atoms with Crippen LogP contribution < -0.4 is 21.1 Å². The van der Waals surface area contributed by atoms with Gasteiger partial charge in [0.05, 0.1) is 23.8 Å². The quantitative estimate of drug-likeness (QED) is 0.282. The second-order valence-corrected chi connectivity index (χ2v) is 6.90. The summed E-state index contributed by atoms with van der Waals surface area (Å²) >= 11 is 0. The molecule has 0 bridgehead atoms. The summed E-state index contributed by atoms with van der Waals surface area (Å²) in [4.78, 5) is 31.2. The van der Waals surface area contributed by atoms with Crippen LogP contribution in [0.1, 0.15) is 32.1 Å². The molecule has 2 amide bonds. The van der Waals surface area contributed by atoms with Gasteiger partial charge in [0.15, 0.2) is 0 Å². The third-order valence-electron chi connectivity index (χ3n) is 4.36. The predicted octanol–water partition coefficient (Wildman–Crippen LogP) is 1.84. The summed E-state index contributed by atoms with van der Waals surface area (Å²) < 4.78 is 0. The fourth-order valence-corrected chi connectivity index (χ4v) is 2.65. The number of hydrogen-bond donors (Lipinski definition) is 2. The first-order valence-electron chi connectivity index (χ1n) is 10.6. The molecule has 37 heavy (non-hydrogen) atoms.